The third-order valence-corrected chi connectivity index (χ3v) is 4.16. The molecule has 140 valence electrons. The minimum atomic E-state index is -0.318. The highest BCUT2D eigenvalue weighted by molar-refractivity contribution is 5.93. The number of aromatic nitrogens is 3. The van der Waals surface area contributed by atoms with Crippen LogP contribution < -0.4 is 5.32 Å². The summed E-state index contributed by atoms with van der Waals surface area (Å²) in [6.07, 6.45) is 0.412. The molecule has 7 nitrogen and oxygen atoms in total. The summed E-state index contributed by atoms with van der Waals surface area (Å²) in [5.41, 5.74) is 1.97. The third kappa shape index (κ3) is 3.98. The van der Waals surface area contributed by atoms with E-state index in [4.69, 9.17) is 9.05 Å². The van der Waals surface area contributed by atoms with Crippen molar-refractivity contribution in [2.24, 2.45) is 0 Å². The van der Waals surface area contributed by atoms with Gasteiger partial charge in [0, 0.05) is 29.7 Å². The van der Waals surface area contributed by atoms with Crippen molar-refractivity contribution in [3.8, 4) is 22.7 Å². The van der Waals surface area contributed by atoms with Gasteiger partial charge >= 0.3 is 0 Å². The van der Waals surface area contributed by atoms with Gasteiger partial charge in [-0.15, -0.1) is 0 Å². The van der Waals surface area contributed by atoms with E-state index in [2.05, 4.69) is 20.6 Å². The predicted octanol–water partition coefficient (Wildman–Crippen LogP) is 3.75. The molecule has 0 aliphatic carbocycles. The molecule has 28 heavy (non-hydrogen) atoms. The molecule has 0 aliphatic rings. The first-order valence-electron chi connectivity index (χ1n) is 8.90. The average Bonchev–Trinajstić information content (AvgIpc) is 3.39. The smallest absolute Gasteiger partial charge is 0.273 e. The first-order valence-corrected chi connectivity index (χ1v) is 8.90. The minimum Gasteiger partial charge on any atom is -0.355 e. The van der Waals surface area contributed by atoms with Crippen molar-refractivity contribution in [1.29, 1.82) is 0 Å². The number of hydrogen-bond donors (Lipinski definition) is 1. The number of carbonyl (C=O) groups is 1. The van der Waals surface area contributed by atoms with Crippen molar-refractivity contribution >= 4 is 5.91 Å². The molecule has 2 aromatic carbocycles. The molecule has 1 amide bonds. The van der Waals surface area contributed by atoms with E-state index in [9.17, 15) is 4.79 Å². The Morgan fingerprint density at radius 2 is 1.64 bits per heavy atom. The number of rotatable bonds is 6. The number of nitrogens with zero attached hydrogens (tertiary/aromatic N) is 3. The summed E-state index contributed by atoms with van der Waals surface area (Å²) in [5, 5.41) is 10.7. The van der Waals surface area contributed by atoms with Gasteiger partial charge in [-0.3, -0.25) is 4.79 Å². The summed E-state index contributed by atoms with van der Waals surface area (Å²) >= 11 is 0. The highest BCUT2D eigenvalue weighted by Gasteiger charge is 2.18. The second-order valence-electron chi connectivity index (χ2n) is 6.40. The summed E-state index contributed by atoms with van der Waals surface area (Å²) in [5.74, 6) is 1.21. The van der Waals surface area contributed by atoms with E-state index in [-0.39, 0.29) is 17.6 Å². The lowest BCUT2D eigenvalue weighted by molar-refractivity contribution is 0.0929. The van der Waals surface area contributed by atoms with Gasteiger partial charge < -0.3 is 14.4 Å². The van der Waals surface area contributed by atoms with Crippen LogP contribution in [0.3, 0.4) is 0 Å². The Bertz CT molecular complexity index is 1060. The fraction of sp³-hybridized carbons (Fsp3) is 0.143. The summed E-state index contributed by atoms with van der Waals surface area (Å²) in [4.78, 5) is 16.8. The molecular formula is C21H18N4O3. The molecule has 0 bridgehead atoms. The lowest BCUT2D eigenvalue weighted by Crippen LogP contribution is -2.34. The Labute approximate surface area is 161 Å². The molecule has 2 aromatic heterocycles. The first kappa shape index (κ1) is 17.7. The molecule has 0 saturated heterocycles. The van der Waals surface area contributed by atoms with Crippen LogP contribution >= 0.6 is 0 Å². The van der Waals surface area contributed by atoms with E-state index in [0.29, 0.717) is 23.9 Å². The SMILES string of the molecule is CC(Cc1nc(-c2ccccc2)no1)NC(=O)c1cc(-c2ccccc2)on1. The largest absolute Gasteiger partial charge is 0.355 e. The number of nitrogens with one attached hydrogen (secondary N) is 1. The van der Waals surface area contributed by atoms with Gasteiger partial charge in [-0.2, -0.15) is 4.98 Å². The molecule has 1 atom stereocenters. The van der Waals surface area contributed by atoms with Crippen LogP contribution in [-0.4, -0.2) is 27.2 Å². The molecule has 2 heterocycles. The molecule has 0 saturated carbocycles. The van der Waals surface area contributed by atoms with Gasteiger partial charge in [-0.25, -0.2) is 0 Å². The van der Waals surface area contributed by atoms with Crippen LogP contribution in [-0.2, 0) is 6.42 Å². The Kier molecular flexibility index (Phi) is 4.97. The minimum absolute atomic E-state index is 0.214. The zero-order chi connectivity index (χ0) is 19.3. The van der Waals surface area contributed by atoms with Crippen LogP contribution in [0.4, 0.5) is 0 Å². The Morgan fingerprint density at radius 3 is 2.36 bits per heavy atom. The number of benzene rings is 2. The fourth-order valence-electron chi connectivity index (χ4n) is 2.77. The maximum Gasteiger partial charge on any atom is 0.273 e. The van der Waals surface area contributed by atoms with Gasteiger partial charge in [0.15, 0.2) is 11.5 Å². The van der Waals surface area contributed by atoms with E-state index in [1.54, 1.807) is 6.07 Å². The van der Waals surface area contributed by atoms with E-state index < -0.39 is 0 Å². The molecule has 4 rings (SSSR count). The van der Waals surface area contributed by atoms with E-state index >= 15 is 0 Å². The standard InChI is InChI=1S/C21H18N4O3/c1-14(12-19-23-20(25-28-19)16-10-6-3-7-11-16)22-21(26)17-13-18(27-24-17)15-8-4-2-5-9-15/h2-11,13-14H,12H2,1H3,(H,22,26). The topological polar surface area (TPSA) is 94.1 Å². The molecule has 0 spiro atoms. The number of amides is 1. The second-order valence-corrected chi connectivity index (χ2v) is 6.40. The van der Waals surface area contributed by atoms with E-state index in [1.807, 2.05) is 67.6 Å². The van der Waals surface area contributed by atoms with Crippen molar-refractivity contribution in [3.05, 3.63) is 78.3 Å². The van der Waals surface area contributed by atoms with Crippen LogP contribution in [0.1, 0.15) is 23.3 Å². The maximum atomic E-state index is 12.4. The van der Waals surface area contributed by atoms with Crippen LogP contribution in [0.15, 0.2) is 75.8 Å². The van der Waals surface area contributed by atoms with Gasteiger partial charge in [0.05, 0.1) is 0 Å². The molecule has 0 aliphatic heterocycles. The zero-order valence-electron chi connectivity index (χ0n) is 15.2. The van der Waals surface area contributed by atoms with E-state index in [1.165, 1.54) is 0 Å². The predicted molar refractivity (Wildman–Crippen MR) is 102 cm³/mol. The van der Waals surface area contributed by atoms with Crippen LogP contribution in [0, 0.1) is 0 Å². The lowest BCUT2D eigenvalue weighted by atomic mass is 10.1. The van der Waals surface area contributed by atoms with Crippen LogP contribution in [0.25, 0.3) is 22.7 Å². The van der Waals surface area contributed by atoms with Crippen molar-refractivity contribution in [2.75, 3.05) is 0 Å². The van der Waals surface area contributed by atoms with Gasteiger partial charge in [-0.1, -0.05) is 71.0 Å². The Balaban J connectivity index is 1.38. The van der Waals surface area contributed by atoms with Gasteiger partial charge in [0.2, 0.25) is 11.7 Å². The van der Waals surface area contributed by atoms with Crippen molar-refractivity contribution in [1.82, 2.24) is 20.6 Å². The van der Waals surface area contributed by atoms with Crippen LogP contribution in [0.2, 0.25) is 0 Å². The normalized spacial score (nSPS) is 11.9. The molecule has 1 unspecified atom stereocenters. The maximum absolute atomic E-state index is 12.4. The number of hydrogen-bond acceptors (Lipinski definition) is 6. The highest BCUT2D eigenvalue weighted by atomic mass is 16.5. The van der Waals surface area contributed by atoms with Crippen molar-refractivity contribution in [2.45, 2.75) is 19.4 Å². The summed E-state index contributed by atoms with van der Waals surface area (Å²) in [6, 6.07) is 20.5. The Morgan fingerprint density at radius 1 is 0.964 bits per heavy atom. The summed E-state index contributed by atoms with van der Waals surface area (Å²) < 4.78 is 10.6. The molecule has 7 heteroatoms. The second kappa shape index (κ2) is 7.87. The fourth-order valence-corrected chi connectivity index (χ4v) is 2.77. The molecule has 0 radical (unpaired) electrons. The number of carbonyl (C=O) groups excluding carboxylic acids is 1. The van der Waals surface area contributed by atoms with E-state index in [0.717, 1.165) is 11.1 Å². The van der Waals surface area contributed by atoms with Crippen molar-refractivity contribution < 1.29 is 13.8 Å². The Hall–Kier alpha value is -3.74. The zero-order valence-corrected chi connectivity index (χ0v) is 15.2. The van der Waals surface area contributed by atoms with Gasteiger partial charge in [0.25, 0.3) is 5.91 Å². The van der Waals surface area contributed by atoms with Gasteiger partial charge in [-0.05, 0) is 6.92 Å². The van der Waals surface area contributed by atoms with Crippen molar-refractivity contribution in [3.63, 3.8) is 0 Å². The van der Waals surface area contributed by atoms with Gasteiger partial charge in [0.1, 0.15) is 0 Å². The van der Waals surface area contributed by atoms with Crippen LogP contribution in [0.5, 0.6) is 0 Å². The lowest BCUT2D eigenvalue weighted by Gasteiger charge is -2.09. The summed E-state index contributed by atoms with van der Waals surface area (Å²) in [7, 11) is 0. The summed E-state index contributed by atoms with van der Waals surface area (Å²) in [6.45, 7) is 1.86. The highest BCUT2D eigenvalue weighted by Crippen LogP contribution is 2.20. The average molecular weight is 374 g/mol. The molecule has 4 aromatic rings. The molecule has 0 fully saturated rings. The molecular weight excluding hydrogens is 356 g/mol. The molecule has 1 N–H and O–H groups in total. The first-order chi connectivity index (χ1) is 13.7. The quantitative estimate of drug-likeness (QED) is 0.552. The monoisotopic (exact) mass is 374 g/mol. The third-order valence-electron chi connectivity index (χ3n) is 4.16.